The molecule has 0 unspecified atom stereocenters. The Hall–Kier alpha value is -1.10. The number of carbonyl (C=O) groups excluding carboxylic acids is 1. The standard InChI is InChI=1S/C12H18N2O2S/c1-8-10(11(13-2)17-14-8)12(15)16-7-6-9-4-3-5-9/h9,13H,3-7H2,1-2H3. The average Bonchev–Trinajstić information content (AvgIpc) is 2.63. The van der Waals surface area contributed by atoms with Crippen LogP contribution in [0.25, 0.3) is 0 Å². The molecule has 0 radical (unpaired) electrons. The van der Waals surface area contributed by atoms with E-state index in [9.17, 15) is 4.79 Å². The molecule has 1 aromatic heterocycles. The molecule has 1 aromatic rings. The molecule has 0 amide bonds. The second kappa shape index (κ2) is 5.49. The molecule has 0 bridgehead atoms. The Morgan fingerprint density at radius 3 is 2.94 bits per heavy atom. The summed E-state index contributed by atoms with van der Waals surface area (Å²) in [5.41, 5.74) is 1.33. The minimum atomic E-state index is -0.250. The van der Waals surface area contributed by atoms with Crippen molar-refractivity contribution in [1.82, 2.24) is 4.37 Å². The Morgan fingerprint density at radius 1 is 1.59 bits per heavy atom. The van der Waals surface area contributed by atoms with Crippen molar-refractivity contribution in [2.75, 3.05) is 19.0 Å². The summed E-state index contributed by atoms with van der Waals surface area (Å²) >= 11 is 1.30. The smallest absolute Gasteiger partial charge is 0.343 e. The van der Waals surface area contributed by atoms with E-state index in [1.807, 2.05) is 6.92 Å². The highest BCUT2D eigenvalue weighted by atomic mass is 32.1. The maximum absolute atomic E-state index is 11.9. The van der Waals surface area contributed by atoms with Crippen molar-refractivity contribution in [3.8, 4) is 0 Å². The van der Waals surface area contributed by atoms with Crippen LogP contribution in [0.1, 0.15) is 41.7 Å². The first-order valence-electron chi connectivity index (χ1n) is 6.03. The summed E-state index contributed by atoms with van der Waals surface area (Å²) in [5, 5.41) is 3.76. The van der Waals surface area contributed by atoms with Crippen LogP contribution in [-0.4, -0.2) is 24.0 Å². The van der Waals surface area contributed by atoms with Gasteiger partial charge in [0, 0.05) is 7.05 Å². The van der Waals surface area contributed by atoms with Crippen molar-refractivity contribution < 1.29 is 9.53 Å². The van der Waals surface area contributed by atoms with Crippen molar-refractivity contribution in [2.24, 2.45) is 5.92 Å². The Bertz CT molecular complexity index is 399. The molecule has 1 saturated carbocycles. The molecule has 94 valence electrons. The first-order valence-corrected chi connectivity index (χ1v) is 6.81. The van der Waals surface area contributed by atoms with Crippen LogP contribution in [0, 0.1) is 12.8 Å². The van der Waals surface area contributed by atoms with Gasteiger partial charge in [-0.15, -0.1) is 0 Å². The number of anilines is 1. The van der Waals surface area contributed by atoms with Crippen LogP contribution in [0.3, 0.4) is 0 Å². The molecule has 0 aliphatic heterocycles. The fourth-order valence-electron chi connectivity index (χ4n) is 1.95. The molecule has 2 rings (SSSR count). The van der Waals surface area contributed by atoms with Gasteiger partial charge in [0.15, 0.2) is 0 Å². The molecular formula is C12H18N2O2S. The van der Waals surface area contributed by atoms with Gasteiger partial charge < -0.3 is 10.1 Å². The summed E-state index contributed by atoms with van der Waals surface area (Å²) in [6.45, 7) is 2.36. The molecule has 1 fully saturated rings. The summed E-state index contributed by atoms with van der Waals surface area (Å²) in [4.78, 5) is 11.9. The Labute approximate surface area is 106 Å². The molecule has 1 aliphatic carbocycles. The van der Waals surface area contributed by atoms with Gasteiger partial charge in [-0.05, 0) is 30.8 Å². The predicted octanol–water partition coefficient (Wildman–Crippen LogP) is 2.84. The van der Waals surface area contributed by atoms with Gasteiger partial charge in [-0.2, -0.15) is 4.37 Å². The monoisotopic (exact) mass is 254 g/mol. The topological polar surface area (TPSA) is 51.2 Å². The molecule has 17 heavy (non-hydrogen) atoms. The third-order valence-corrected chi connectivity index (χ3v) is 4.23. The maximum atomic E-state index is 11.9. The molecular weight excluding hydrogens is 236 g/mol. The normalized spacial score (nSPS) is 15.4. The van der Waals surface area contributed by atoms with E-state index in [4.69, 9.17) is 4.74 Å². The molecule has 0 atom stereocenters. The summed E-state index contributed by atoms with van der Waals surface area (Å²) in [6.07, 6.45) is 4.91. The van der Waals surface area contributed by atoms with Crippen LogP contribution in [0.4, 0.5) is 5.00 Å². The zero-order valence-electron chi connectivity index (χ0n) is 10.3. The molecule has 1 aliphatic rings. The molecule has 0 spiro atoms. The van der Waals surface area contributed by atoms with Crippen LogP contribution in [0.15, 0.2) is 0 Å². The number of carbonyl (C=O) groups is 1. The summed E-state index contributed by atoms with van der Waals surface area (Å²) < 4.78 is 9.46. The van der Waals surface area contributed by atoms with Crippen LogP contribution in [0.5, 0.6) is 0 Å². The minimum absolute atomic E-state index is 0.250. The first kappa shape index (κ1) is 12.4. The summed E-state index contributed by atoms with van der Waals surface area (Å²) in [7, 11) is 1.79. The lowest BCUT2D eigenvalue weighted by molar-refractivity contribution is 0.0465. The Kier molecular flexibility index (Phi) is 3.99. The van der Waals surface area contributed by atoms with Crippen LogP contribution < -0.4 is 5.32 Å². The number of aromatic nitrogens is 1. The van der Waals surface area contributed by atoms with Crippen LogP contribution in [0.2, 0.25) is 0 Å². The second-order valence-electron chi connectivity index (χ2n) is 4.44. The molecule has 5 heteroatoms. The van der Waals surface area contributed by atoms with Gasteiger partial charge in [-0.25, -0.2) is 4.79 Å². The number of nitrogens with one attached hydrogen (secondary N) is 1. The molecule has 0 saturated heterocycles. The third-order valence-electron chi connectivity index (χ3n) is 3.28. The van der Waals surface area contributed by atoms with Gasteiger partial charge in [0.25, 0.3) is 0 Å². The quantitative estimate of drug-likeness (QED) is 0.821. The molecule has 0 aromatic carbocycles. The zero-order valence-corrected chi connectivity index (χ0v) is 11.1. The highest BCUT2D eigenvalue weighted by Crippen LogP contribution is 2.29. The van der Waals surface area contributed by atoms with Crippen molar-refractivity contribution >= 4 is 22.5 Å². The van der Waals surface area contributed by atoms with Gasteiger partial charge in [-0.1, -0.05) is 19.3 Å². The van der Waals surface area contributed by atoms with E-state index in [0.29, 0.717) is 12.2 Å². The lowest BCUT2D eigenvalue weighted by Gasteiger charge is -2.24. The Balaban J connectivity index is 1.87. The number of ether oxygens (including phenoxy) is 1. The van der Waals surface area contributed by atoms with E-state index in [2.05, 4.69) is 9.69 Å². The summed E-state index contributed by atoms with van der Waals surface area (Å²) in [6, 6.07) is 0. The third kappa shape index (κ3) is 2.77. The lowest BCUT2D eigenvalue weighted by Crippen LogP contribution is -2.16. The molecule has 1 N–H and O–H groups in total. The average molecular weight is 254 g/mol. The van der Waals surface area contributed by atoms with Gasteiger partial charge in [-0.3, -0.25) is 0 Å². The number of rotatable bonds is 5. The molecule has 4 nitrogen and oxygen atoms in total. The predicted molar refractivity (Wildman–Crippen MR) is 68.6 cm³/mol. The fourth-order valence-corrected chi connectivity index (χ4v) is 2.69. The van der Waals surface area contributed by atoms with Crippen molar-refractivity contribution in [2.45, 2.75) is 32.6 Å². The van der Waals surface area contributed by atoms with E-state index < -0.39 is 0 Å². The van der Waals surface area contributed by atoms with E-state index in [-0.39, 0.29) is 5.97 Å². The highest BCUT2D eigenvalue weighted by Gasteiger charge is 2.21. The van der Waals surface area contributed by atoms with E-state index in [1.165, 1.54) is 30.8 Å². The number of aryl methyl sites for hydroxylation is 1. The number of esters is 1. The maximum Gasteiger partial charge on any atom is 0.343 e. The van der Waals surface area contributed by atoms with Crippen molar-refractivity contribution in [1.29, 1.82) is 0 Å². The van der Waals surface area contributed by atoms with Crippen molar-refractivity contribution in [3.63, 3.8) is 0 Å². The number of hydrogen-bond acceptors (Lipinski definition) is 5. The van der Waals surface area contributed by atoms with E-state index in [0.717, 1.165) is 23.0 Å². The van der Waals surface area contributed by atoms with Gasteiger partial charge in [0.2, 0.25) is 0 Å². The van der Waals surface area contributed by atoms with Gasteiger partial charge in [0.05, 0.1) is 12.3 Å². The van der Waals surface area contributed by atoms with E-state index >= 15 is 0 Å². The van der Waals surface area contributed by atoms with Gasteiger partial charge >= 0.3 is 5.97 Å². The number of hydrogen-bond donors (Lipinski definition) is 1. The van der Waals surface area contributed by atoms with E-state index in [1.54, 1.807) is 7.05 Å². The van der Waals surface area contributed by atoms with Gasteiger partial charge in [0.1, 0.15) is 10.6 Å². The van der Waals surface area contributed by atoms with Crippen molar-refractivity contribution in [3.05, 3.63) is 11.3 Å². The number of nitrogens with zero attached hydrogens (tertiary/aromatic N) is 1. The highest BCUT2D eigenvalue weighted by molar-refractivity contribution is 7.10. The molecule has 1 heterocycles. The minimum Gasteiger partial charge on any atom is -0.462 e. The van der Waals surface area contributed by atoms with Crippen LogP contribution in [-0.2, 0) is 4.74 Å². The summed E-state index contributed by atoms with van der Waals surface area (Å²) in [5.74, 6) is 0.521. The lowest BCUT2D eigenvalue weighted by atomic mass is 9.83. The van der Waals surface area contributed by atoms with Crippen LogP contribution >= 0.6 is 11.5 Å². The Morgan fingerprint density at radius 2 is 2.35 bits per heavy atom. The first-order chi connectivity index (χ1) is 8.22. The second-order valence-corrected chi connectivity index (χ2v) is 5.22. The largest absolute Gasteiger partial charge is 0.462 e. The fraction of sp³-hybridized carbons (Fsp3) is 0.667. The SMILES string of the molecule is CNc1snc(C)c1C(=O)OCCC1CCC1. The zero-order chi connectivity index (χ0) is 12.3.